The molecule has 0 aliphatic rings. The lowest BCUT2D eigenvalue weighted by molar-refractivity contribution is -0.325. The number of ether oxygens (including phenoxy) is 1. The van der Waals surface area contributed by atoms with Gasteiger partial charge in [-0.1, -0.05) is 45.4 Å². The third-order valence-electron chi connectivity index (χ3n) is 2.82. The van der Waals surface area contributed by atoms with Crippen LogP contribution in [0.4, 0.5) is 0 Å². The van der Waals surface area contributed by atoms with Crippen LogP contribution in [0.15, 0.2) is 0 Å². The molecule has 0 aromatic carbocycles. The number of carbonyl (C=O) groups is 1. The van der Waals surface area contributed by atoms with Crippen LogP contribution in [0.2, 0.25) is 0 Å². The lowest BCUT2D eigenvalue weighted by Crippen LogP contribution is -2.39. The number of aliphatic hydroxyl groups is 4. The molecule has 0 rings (SSSR count). The van der Waals surface area contributed by atoms with Crippen molar-refractivity contribution in [2.45, 2.75) is 70.4 Å². The fourth-order valence-electron chi connectivity index (χ4n) is 1.67. The van der Waals surface area contributed by atoms with E-state index in [0.717, 1.165) is 19.3 Å². The van der Waals surface area contributed by atoms with E-state index in [2.05, 4.69) is 11.7 Å². The zero-order valence-corrected chi connectivity index (χ0v) is 11.5. The summed E-state index contributed by atoms with van der Waals surface area (Å²) >= 11 is 0. The summed E-state index contributed by atoms with van der Waals surface area (Å²) in [5, 5.41) is 36.2. The highest BCUT2D eigenvalue weighted by atomic mass is 16.8. The highest BCUT2D eigenvalue weighted by Gasteiger charge is 2.30. The number of hydrogen-bond acceptors (Lipinski definition) is 6. The van der Waals surface area contributed by atoms with E-state index in [1.54, 1.807) is 0 Å². The standard InChI is InChI=1S/C13H26O6/c1-2-3-4-5-6-7-8-9-13(17,18)19-12(16)11(15)10-14/h11,14-15,17-18H,2-10H2,1H3. The average Bonchev–Trinajstić information content (AvgIpc) is 2.36. The number of rotatable bonds is 11. The van der Waals surface area contributed by atoms with Crippen LogP contribution in [-0.4, -0.2) is 45.1 Å². The second kappa shape index (κ2) is 10.1. The lowest BCUT2D eigenvalue weighted by Gasteiger charge is -2.22. The summed E-state index contributed by atoms with van der Waals surface area (Å²) in [7, 11) is 0. The highest BCUT2D eigenvalue weighted by molar-refractivity contribution is 5.74. The number of hydrogen-bond donors (Lipinski definition) is 4. The third kappa shape index (κ3) is 9.84. The Morgan fingerprint density at radius 2 is 1.63 bits per heavy atom. The molecular formula is C13H26O6. The van der Waals surface area contributed by atoms with Crippen LogP contribution in [0.5, 0.6) is 0 Å². The minimum atomic E-state index is -2.57. The Labute approximate surface area is 114 Å². The number of carbonyl (C=O) groups excluding carboxylic acids is 1. The molecule has 0 bridgehead atoms. The smallest absolute Gasteiger partial charge is 0.341 e. The van der Waals surface area contributed by atoms with Crippen molar-refractivity contribution in [1.82, 2.24) is 0 Å². The normalized spacial score (nSPS) is 13.3. The molecule has 1 unspecified atom stereocenters. The highest BCUT2D eigenvalue weighted by Crippen LogP contribution is 2.16. The molecule has 6 nitrogen and oxygen atoms in total. The van der Waals surface area contributed by atoms with Gasteiger partial charge in [0.15, 0.2) is 6.10 Å². The Kier molecular flexibility index (Phi) is 9.77. The second-order valence-electron chi connectivity index (χ2n) is 4.73. The maximum atomic E-state index is 11.0. The molecule has 0 radical (unpaired) electrons. The lowest BCUT2D eigenvalue weighted by atomic mass is 10.1. The molecule has 0 amide bonds. The zero-order chi connectivity index (χ0) is 14.7. The molecule has 0 aliphatic heterocycles. The van der Waals surface area contributed by atoms with Gasteiger partial charge in [-0.2, -0.15) is 0 Å². The van der Waals surface area contributed by atoms with E-state index in [4.69, 9.17) is 10.2 Å². The van der Waals surface area contributed by atoms with Crippen molar-refractivity contribution in [3.8, 4) is 0 Å². The molecule has 19 heavy (non-hydrogen) atoms. The number of aliphatic hydroxyl groups excluding tert-OH is 2. The molecule has 0 fully saturated rings. The number of esters is 1. The average molecular weight is 278 g/mol. The minimum Gasteiger partial charge on any atom is -0.406 e. The first kappa shape index (κ1) is 18.3. The number of unbranched alkanes of at least 4 members (excludes halogenated alkanes) is 6. The quantitative estimate of drug-likeness (QED) is 0.251. The van der Waals surface area contributed by atoms with Gasteiger partial charge in [0, 0.05) is 6.42 Å². The molecule has 0 saturated carbocycles. The van der Waals surface area contributed by atoms with E-state index in [-0.39, 0.29) is 6.42 Å². The van der Waals surface area contributed by atoms with E-state index in [1.165, 1.54) is 19.3 Å². The van der Waals surface area contributed by atoms with E-state index >= 15 is 0 Å². The van der Waals surface area contributed by atoms with Gasteiger partial charge in [-0.25, -0.2) is 4.79 Å². The molecular weight excluding hydrogens is 252 g/mol. The second-order valence-corrected chi connectivity index (χ2v) is 4.73. The summed E-state index contributed by atoms with van der Waals surface area (Å²) in [6, 6.07) is 0. The topological polar surface area (TPSA) is 107 Å². The van der Waals surface area contributed by atoms with Gasteiger partial charge in [0.05, 0.1) is 6.61 Å². The van der Waals surface area contributed by atoms with E-state index in [9.17, 15) is 15.0 Å². The predicted octanol–water partition coefficient (Wildman–Crippen LogP) is 0.662. The summed E-state index contributed by atoms with van der Waals surface area (Å²) in [5.41, 5.74) is 0. The molecule has 0 aromatic heterocycles. The summed E-state index contributed by atoms with van der Waals surface area (Å²) in [6.07, 6.45) is 5.17. The van der Waals surface area contributed by atoms with Gasteiger partial charge < -0.3 is 25.2 Å². The molecule has 0 saturated heterocycles. The van der Waals surface area contributed by atoms with Crippen LogP contribution in [0, 0.1) is 0 Å². The summed E-state index contributed by atoms with van der Waals surface area (Å²) < 4.78 is 4.30. The Morgan fingerprint density at radius 1 is 1.11 bits per heavy atom. The molecule has 1 atom stereocenters. The first-order chi connectivity index (χ1) is 8.93. The Morgan fingerprint density at radius 3 is 2.16 bits per heavy atom. The summed E-state index contributed by atoms with van der Waals surface area (Å²) in [4.78, 5) is 11.0. The van der Waals surface area contributed by atoms with Crippen molar-refractivity contribution in [2.75, 3.05) is 6.61 Å². The van der Waals surface area contributed by atoms with Gasteiger partial charge in [-0.3, -0.25) is 0 Å². The molecule has 114 valence electrons. The van der Waals surface area contributed by atoms with Crippen molar-refractivity contribution >= 4 is 5.97 Å². The fraction of sp³-hybridized carbons (Fsp3) is 0.923. The van der Waals surface area contributed by atoms with Crippen LogP contribution in [-0.2, 0) is 9.53 Å². The van der Waals surface area contributed by atoms with Crippen molar-refractivity contribution in [3.05, 3.63) is 0 Å². The van der Waals surface area contributed by atoms with Crippen molar-refractivity contribution < 1.29 is 30.0 Å². The van der Waals surface area contributed by atoms with Crippen molar-refractivity contribution in [1.29, 1.82) is 0 Å². The summed E-state index contributed by atoms with van der Waals surface area (Å²) in [6.45, 7) is 1.33. The molecule has 0 aliphatic carbocycles. The van der Waals surface area contributed by atoms with Crippen LogP contribution in [0.3, 0.4) is 0 Å². The van der Waals surface area contributed by atoms with Crippen LogP contribution >= 0.6 is 0 Å². The molecule has 4 N–H and O–H groups in total. The minimum absolute atomic E-state index is 0.106. The Hall–Kier alpha value is -0.690. The molecule has 0 aromatic rings. The third-order valence-corrected chi connectivity index (χ3v) is 2.82. The molecule has 0 heterocycles. The Bertz CT molecular complexity index is 241. The van der Waals surface area contributed by atoms with Gasteiger partial charge in [-0.15, -0.1) is 0 Å². The maximum Gasteiger partial charge on any atom is 0.341 e. The summed E-state index contributed by atoms with van der Waals surface area (Å²) in [5.74, 6) is -3.81. The van der Waals surface area contributed by atoms with Crippen LogP contribution < -0.4 is 0 Å². The van der Waals surface area contributed by atoms with Crippen LogP contribution in [0.1, 0.15) is 58.3 Å². The predicted molar refractivity (Wildman–Crippen MR) is 69.0 cm³/mol. The van der Waals surface area contributed by atoms with E-state index < -0.39 is 24.7 Å². The molecule has 6 heteroatoms. The molecule has 0 spiro atoms. The van der Waals surface area contributed by atoms with Gasteiger partial charge >= 0.3 is 11.9 Å². The van der Waals surface area contributed by atoms with Gasteiger partial charge in [0.2, 0.25) is 0 Å². The van der Waals surface area contributed by atoms with Gasteiger partial charge in [-0.05, 0) is 6.42 Å². The monoisotopic (exact) mass is 278 g/mol. The van der Waals surface area contributed by atoms with Crippen molar-refractivity contribution in [3.63, 3.8) is 0 Å². The van der Waals surface area contributed by atoms with E-state index in [1.807, 2.05) is 0 Å². The maximum absolute atomic E-state index is 11.0. The van der Waals surface area contributed by atoms with Crippen molar-refractivity contribution in [2.24, 2.45) is 0 Å². The largest absolute Gasteiger partial charge is 0.406 e. The first-order valence-electron chi connectivity index (χ1n) is 6.89. The Balaban J connectivity index is 3.70. The first-order valence-corrected chi connectivity index (χ1v) is 6.89. The van der Waals surface area contributed by atoms with Crippen LogP contribution in [0.25, 0.3) is 0 Å². The van der Waals surface area contributed by atoms with E-state index in [0.29, 0.717) is 6.42 Å². The fourth-order valence-corrected chi connectivity index (χ4v) is 1.67. The zero-order valence-electron chi connectivity index (χ0n) is 11.5. The van der Waals surface area contributed by atoms with Gasteiger partial charge in [0.1, 0.15) is 0 Å². The van der Waals surface area contributed by atoms with Gasteiger partial charge in [0.25, 0.3) is 0 Å². The SMILES string of the molecule is CCCCCCCCCC(O)(O)OC(=O)C(O)CO.